The van der Waals surface area contributed by atoms with Crippen LogP contribution >= 0.6 is 0 Å². The van der Waals surface area contributed by atoms with Crippen molar-refractivity contribution in [2.45, 2.75) is 25.7 Å². The zero-order valence-corrected chi connectivity index (χ0v) is 10.6. The van der Waals surface area contributed by atoms with Crippen LogP contribution in [0.3, 0.4) is 0 Å². The van der Waals surface area contributed by atoms with Crippen LogP contribution in [0.4, 0.5) is 0 Å². The molecule has 1 fully saturated rings. The highest BCUT2D eigenvalue weighted by atomic mass is 16.5. The summed E-state index contributed by atoms with van der Waals surface area (Å²) in [7, 11) is 0. The summed E-state index contributed by atoms with van der Waals surface area (Å²) in [4.78, 5) is 15.8. The molecule has 2 rings (SSSR count). The maximum atomic E-state index is 11.7. The van der Waals surface area contributed by atoms with Gasteiger partial charge in [0.2, 0.25) is 5.91 Å². The SMILES string of the molecule is O=C(C[C@H]1CCCOC1)NCCc1cccnc1. The number of amides is 1. The third-order valence-electron chi connectivity index (χ3n) is 3.19. The van der Waals surface area contributed by atoms with Crippen LogP contribution in [-0.2, 0) is 16.0 Å². The van der Waals surface area contributed by atoms with Gasteiger partial charge < -0.3 is 10.1 Å². The van der Waals surface area contributed by atoms with E-state index in [0.717, 1.165) is 38.0 Å². The Kier molecular flexibility index (Phi) is 5.15. The third-order valence-corrected chi connectivity index (χ3v) is 3.19. The van der Waals surface area contributed by atoms with Gasteiger partial charge in [0, 0.05) is 38.6 Å². The van der Waals surface area contributed by atoms with E-state index in [4.69, 9.17) is 4.74 Å². The number of nitrogens with one attached hydrogen (secondary N) is 1. The second kappa shape index (κ2) is 7.11. The van der Waals surface area contributed by atoms with Crippen molar-refractivity contribution in [2.24, 2.45) is 5.92 Å². The van der Waals surface area contributed by atoms with Crippen LogP contribution < -0.4 is 5.32 Å². The van der Waals surface area contributed by atoms with E-state index in [0.29, 0.717) is 18.9 Å². The van der Waals surface area contributed by atoms with Crippen molar-refractivity contribution in [3.63, 3.8) is 0 Å². The molecule has 1 atom stereocenters. The molecule has 0 unspecified atom stereocenters. The first-order valence-electron chi connectivity index (χ1n) is 6.58. The summed E-state index contributed by atoms with van der Waals surface area (Å²) < 4.78 is 5.37. The summed E-state index contributed by atoms with van der Waals surface area (Å²) in [6.45, 7) is 2.26. The fourth-order valence-electron chi connectivity index (χ4n) is 2.20. The Hall–Kier alpha value is -1.42. The van der Waals surface area contributed by atoms with Crippen LogP contribution in [0.5, 0.6) is 0 Å². The molecule has 1 aromatic heterocycles. The molecule has 1 aliphatic rings. The van der Waals surface area contributed by atoms with Crippen molar-refractivity contribution in [3.05, 3.63) is 30.1 Å². The highest BCUT2D eigenvalue weighted by Crippen LogP contribution is 2.16. The number of rotatable bonds is 5. The zero-order valence-electron chi connectivity index (χ0n) is 10.6. The lowest BCUT2D eigenvalue weighted by Gasteiger charge is -2.21. The molecular weight excluding hydrogens is 228 g/mol. The van der Waals surface area contributed by atoms with Gasteiger partial charge in [-0.3, -0.25) is 9.78 Å². The Morgan fingerprint density at radius 2 is 2.50 bits per heavy atom. The Morgan fingerprint density at radius 3 is 3.22 bits per heavy atom. The van der Waals surface area contributed by atoms with Gasteiger partial charge in [0.15, 0.2) is 0 Å². The summed E-state index contributed by atoms with van der Waals surface area (Å²) in [6.07, 6.45) is 7.20. The molecule has 0 spiro atoms. The third kappa shape index (κ3) is 4.45. The van der Waals surface area contributed by atoms with Gasteiger partial charge in [0.25, 0.3) is 0 Å². The van der Waals surface area contributed by atoms with Gasteiger partial charge in [-0.25, -0.2) is 0 Å². The van der Waals surface area contributed by atoms with Gasteiger partial charge in [-0.15, -0.1) is 0 Å². The first-order chi connectivity index (χ1) is 8.84. The lowest BCUT2D eigenvalue weighted by atomic mass is 9.98. The lowest BCUT2D eigenvalue weighted by Crippen LogP contribution is -2.30. The molecule has 4 nitrogen and oxygen atoms in total. The quantitative estimate of drug-likeness (QED) is 0.860. The number of aromatic nitrogens is 1. The first-order valence-corrected chi connectivity index (χ1v) is 6.58. The van der Waals surface area contributed by atoms with E-state index < -0.39 is 0 Å². The normalized spacial score (nSPS) is 19.4. The van der Waals surface area contributed by atoms with Crippen LogP contribution in [0, 0.1) is 5.92 Å². The molecule has 0 bridgehead atoms. The molecule has 4 heteroatoms. The number of carbonyl (C=O) groups is 1. The molecule has 18 heavy (non-hydrogen) atoms. The van der Waals surface area contributed by atoms with Crippen molar-refractivity contribution < 1.29 is 9.53 Å². The van der Waals surface area contributed by atoms with Gasteiger partial charge in [-0.2, -0.15) is 0 Å². The van der Waals surface area contributed by atoms with E-state index in [2.05, 4.69) is 10.3 Å². The molecule has 2 heterocycles. The van der Waals surface area contributed by atoms with E-state index >= 15 is 0 Å². The summed E-state index contributed by atoms with van der Waals surface area (Å²) in [5.41, 5.74) is 1.15. The Morgan fingerprint density at radius 1 is 1.56 bits per heavy atom. The van der Waals surface area contributed by atoms with E-state index in [1.165, 1.54) is 0 Å². The number of hydrogen-bond acceptors (Lipinski definition) is 3. The second-order valence-electron chi connectivity index (χ2n) is 4.75. The fraction of sp³-hybridized carbons (Fsp3) is 0.571. The zero-order chi connectivity index (χ0) is 12.6. The predicted octanol–water partition coefficient (Wildman–Crippen LogP) is 1.56. The molecule has 1 aromatic rings. The highest BCUT2D eigenvalue weighted by molar-refractivity contribution is 5.76. The molecule has 0 aliphatic carbocycles. The Bertz CT molecular complexity index is 361. The number of hydrogen-bond donors (Lipinski definition) is 1. The van der Waals surface area contributed by atoms with E-state index in [1.807, 2.05) is 18.3 Å². The summed E-state index contributed by atoms with van der Waals surface area (Å²) >= 11 is 0. The smallest absolute Gasteiger partial charge is 0.220 e. The van der Waals surface area contributed by atoms with Crippen molar-refractivity contribution in [1.82, 2.24) is 10.3 Å². The fourth-order valence-corrected chi connectivity index (χ4v) is 2.20. The standard InChI is InChI=1S/C14H20N2O2/c17-14(9-13-4-2-8-18-11-13)16-7-5-12-3-1-6-15-10-12/h1,3,6,10,13H,2,4-5,7-9,11H2,(H,16,17)/t13-/m1/s1. The molecule has 0 aromatic carbocycles. The van der Waals surface area contributed by atoms with E-state index in [1.54, 1.807) is 6.20 Å². The molecule has 1 aliphatic heterocycles. The second-order valence-corrected chi connectivity index (χ2v) is 4.75. The minimum Gasteiger partial charge on any atom is -0.381 e. The van der Waals surface area contributed by atoms with Crippen LogP contribution in [0.2, 0.25) is 0 Å². The van der Waals surface area contributed by atoms with Crippen LogP contribution in [0.25, 0.3) is 0 Å². The van der Waals surface area contributed by atoms with Gasteiger partial charge in [0.1, 0.15) is 0 Å². The maximum absolute atomic E-state index is 11.7. The van der Waals surface area contributed by atoms with Crippen LogP contribution in [0.1, 0.15) is 24.8 Å². The summed E-state index contributed by atoms with van der Waals surface area (Å²) in [6, 6.07) is 3.94. The average Bonchev–Trinajstić information content (AvgIpc) is 2.41. The highest BCUT2D eigenvalue weighted by Gasteiger charge is 2.17. The topological polar surface area (TPSA) is 51.2 Å². The monoisotopic (exact) mass is 248 g/mol. The Balaban J connectivity index is 1.62. The molecular formula is C14H20N2O2. The molecule has 1 saturated heterocycles. The van der Waals surface area contributed by atoms with Crippen LogP contribution in [0.15, 0.2) is 24.5 Å². The minimum absolute atomic E-state index is 0.134. The predicted molar refractivity (Wildman–Crippen MR) is 69.1 cm³/mol. The van der Waals surface area contributed by atoms with Gasteiger partial charge in [-0.05, 0) is 36.8 Å². The van der Waals surface area contributed by atoms with Gasteiger partial charge in [0.05, 0.1) is 0 Å². The van der Waals surface area contributed by atoms with Crippen molar-refractivity contribution in [3.8, 4) is 0 Å². The number of nitrogens with zero attached hydrogens (tertiary/aromatic N) is 1. The summed E-state index contributed by atoms with van der Waals surface area (Å²) in [5.74, 6) is 0.534. The Labute approximate surface area is 108 Å². The average molecular weight is 248 g/mol. The van der Waals surface area contributed by atoms with Gasteiger partial charge in [-0.1, -0.05) is 6.07 Å². The summed E-state index contributed by atoms with van der Waals surface area (Å²) in [5, 5.41) is 2.96. The van der Waals surface area contributed by atoms with Crippen molar-refractivity contribution in [2.75, 3.05) is 19.8 Å². The molecule has 0 radical (unpaired) electrons. The number of carbonyl (C=O) groups excluding carboxylic acids is 1. The number of ether oxygens (including phenoxy) is 1. The molecule has 0 saturated carbocycles. The van der Waals surface area contributed by atoms with Crippen LogP contribution in [-0.4, -0.2) is 30.6 Å². The van der Waals surface area contributed by atoms with Crippen molar-refractivity contribution >= 4 is 5.91 Å². The first kappa shape index (κ1) is 13.0. The van der Waals surface area contributed by atoms with Gasteiger partial charge >= 0.3 is 0 Å². The number of pyridine rings is 1. The maximum Gasteiger partial charge on any atom is 0.220 e. The van der Waals surface area contributed by atoms with E-state index in [-0.39, 0.29) is 5.91 Å². The largest absolute Gasteiger partial charge is 0.381 e. The van der Waals surface area contributed by atoms with E-state index in [9.17, 15) is 4.79 Å². The molecule has 1 amide bonds. The molecule has 98 valence electrons. The molecule has 1 N–H and O–H groups in total. The lowest BCUT2D eigenvalue weighted by molar-refractivity contribution is -0.123. The minimum atomic E-state index is 0.134. The van der Waals surface area contributed by atoms with Crippen molar-refractivity contribution in [1.29, 1.82) is 0 Å².